The zero-order valence-corrected chi connectivity index (χ0v) is 11.2. The van der Waals surface area contributed by atoms with Gasteiger partial charge in [-0.3, -0.25) is 4.79 Å². The van der Waals surface area contributed by atoms with Gasteiger partial charge in [-0.1, -0.05) is 11.6 Å². The van der Waals surface area contributed by atoms with Crippen LogP contribution in [0.3, 0.4) is 0 Å². The Morgan fingerprint density at radius 3 is 3.06 bits per heavy atom. The second-order valence-electron chi connectivity index (χ2n) is 4.35. The SMILES string of the molecule is CC1(c2cc(=O)c3sccc3[nH]2)NC=CC=C1Cl. The fraction of sp³-hybridized carbons (Fsp3) is 0.154. The molecular weight excluding hydrogens is 268 g/mol. The molecule has 2 N–H and O–H groups in total. The summed E-state index contributed by atoms with van der Waals surface area (Å²) in [7, 11) is 0. The molecule has 0 bridgehead atoms. The molecule has 0 aromatic carbocycles. The molecule has 3 rings (SSSR count). The molecule has 1 unspecified atom stereocenters. The quantitative estimate of drug-likeness (QED) is 0.842. The third-order valence-corrected chi connectivity index (χ3v) is 4.59. The summed E-state index contributed by atoms with van der Waals surface area (Å²) in [6.45, 7) is 1.94. The highest BCUT2D eigenvalue weighted by Gasteiger charge is 2.31. The molecule has 1 aliphatic rings. The third kappa shape index (κ3) is 1.61. The van der Waals surface area contributed by atoms with Gasteiger partial charge in [0.15, 0.2) is 5.43 Å². The van der Waals surface area contributed by atoms with Crippen LogP contribution in [0.2, 0.25) is 0 Å². The number of aromatic amines is 1. The van der Waals surface area contributed by atoms with Crippen molar-refractivity contribution >= 4 is 33.2 Å². The lowest BCUT2D eigenvalue weighted by Gasteiger charge is -2.31. The number of rotatable bonds is 1. The summed E-state index contributed by atoms with van der Waals surface area (Å²) in [6, 6.07) is 3.52. The fourth-order valence-corrected chi connectivity index (χ4v) is 3.03. The minimum atomic E-state index is -0.578. The summed E-state index contributed by atoms with van der Waals surface area (Å²) in [6.07, 6.45) is 5.49. The van der Waals surface area contributed by atoms with Gasteiger partial charge in [0, 0.05) is 11.1 Å². The number of aromatic nitrogens is 1. The summed E-state index contributed by atoms with van der Waals surface area (Å²) in [5.74, 6) is 0. The number of halogens is 1. The molecule has 0 aliphatic carbocycles. The van der Waals surface area contributed by atoms with E-state index >= 15 is 0 Å². The molecule has 3 nitrogen and oxygen atoms in total. The Kier molecular flexibility index (Phi) is 2.57. The van der Waals surface area contributed by atoms with E-state index in [1.807, 2.05) is 36.7 Å². The summed E-state index contributed by atoms with van der Waals surface area (Å²) >= 11 is 7.71. The van der Waals surface area contributed by atoms with Crippen molar-refractivity contribution in [1.82, 2.24) is 10.3 Å². The highest BCUT2D eigenvalue weighted by molar-refractivity contribution is 7.17. The molecule has 2 aromatic rings. The van der Waals surface area contributed by atoms with Gasteiger partial charge in [-0.2, -0.15) is 0 Å². The van der Waals surface area contributed by atoms with Gasteiger partial charge in [0.2, 0.25) is 0 Å². The number of hydrogen-bond acceptors (Lipinski definition) is 3. The lowest BCUT2D eigenvalue weighted by molar-refractivity contribution is 0.498. The van der Waals surface area contributed by atoms with E-state index in [9.17, 15) is 4.79 Å². The second-order valence-corrected chi connectivity index (χ2v) is 5.68. The van der Waals surface area contributed by atoms with Gasteiger partial charge in [0.25, 0.3) is 0 Å². The minimum Gasteiger partial charge on any atom is -0.376 e. The van der Waals surface area contributed by atoms with Crippen molar-refractivity contribution in [1.29, 1.82) is 0 Å². The van der Waals surface area contributed by atoms with Crippen molar-refractivity contribution in [3.63, 3.8) is 0 Å². The van der Waals surface area contributed by atoms with Gasteiger partial charge in [0.05, 0.1) is 15.9 Å². The molecule has 0 saturated carbocycles. The van der Waals surface area contributed by atoms with Crippen LogP contribution >= 0.6 is 22.9 Å². The minimum absolute atomic E-state index is 0.0239. The number of dihydropyridines is 1. The molecule has 0 saturated heterocycles. The van der Waals surface area contributed by atoms with Gasteiger partial charge in [-0.25, -0.2) is 0 Å². The first-order valence-corrected chi connectivity index (χ1v) is 6.78. The van der Waals surface area contributed by atoms with E-state index in [1.165, 1.54) is 11.3 Å². The van der Waals surface area contributed by atoms with Crippen molar-refractivity contribution in [3.8, 4) is 0 Å². The van der Waals surface area contributed by atoms with Crippen LogP contribution in [0, 0.1) is 0 Å². The maximum atomic E-state index is 12.0. The van der Waals surface area contributed by atoms with Gasteiger partial charge in [0.1, 0.15) is 5.54 Å². The van der Waals surface area contributed by atoms with Crippen LogP contribution in [-0.2, 0) is 5.54 Å². The first kappa shape index (κ1) is 11.6. The largest absolute Gasteiger partial charge is 0.376 e. The number of H-pyrrole nitrogens is 1. The molecular formula is C13H11ClN2OS. The van der Waals surface area contributed by atoms with Crippen LogP contribution < -0.4 is 10.7 Å². The van der Waals surface area contributed by atoms with Crippen LogP contribution in [0.25, 0.3) is 10.2 Å². The van der Waals surface area contributed by atoms with Gasteiger partial charge >= 0.3 is 0 Å². The predicted molar refractivity (Wildman–Crippen MR) is 76.0 cm³/mol. The maximum absolute atomic E-state index is 12.0. The molecule has 92 valence electrons. The molecule has 3 heterocycles. The van der Waals surface area contributed by atoms with E-state index in [0.717, 1.165) is 15.9 Å². The monoisotopic (exact) mass is 278 g/mol. The van der Waals surface area contributed by atoms with E-state index in [2.05, 4.69) is 10.3 Å². The fourth-order valence-electron chi connectivity index (χ4n) is 2.04. The summed E-state index contributed by atoms with van der Waals surface area (Å²) in [5, 5.41) is 5.75. The Hall–Kier alpha value is -1.52. The highest BCUT2D eigenvalue weighted by Crippen LogP contribution is 2.33. The highest BCUT2D eigenvalue weighted by atomic mass is 35.5. The van der Waals surface area contributed by atoms with Crippen LogP contribution in [-0.4, -0.2) is 4.98 Å². The molecule has 0 amide bonds. The van der Waals surface area contributed by atoms with E-state index < -0.39 is 5.54 Å². The zero-order valence-electron chi connectivity index (χ0n) is 9.66. The molecule has 0 spiro atoms. The lowest BCUT2D eigenvalue weighted by atomic mass is 9.94. The zero-order chi connectivity index (χ0) is 12.8. The molecule has 0 fully saturated rings. The van der Waals surface area contributed by atoms with Crippen LogP contribution in [0.5, 0.6) is 0 Å². The first-order valence-electron chi connectivity index (χ1n) is 5.53. The standard InChI is InChI=1S/C13H11ClN2OS/c1-13(10(14)3-2-5-15-13)11-7-9(17)12-8(16-11)4-6-18-12/h2-7,15H,1H3,(H,16,17). The smallest absolute Gasteiger partial charge is 0.199 e. The average molecular weight is 279 g/mol. The Balaban J connectivity index is 2.23. The third-order valence-electron chi connectivity index (χ3n) is 3.16. The molecule has 0 radical (unpaired) electrons. The van der Waals surface area contributed by atoms with Crippen molar-refractivity contribution < 1.29 is 0 Å². The van der Waals surface area contributed by atoms with Gasteiger partial charge in [-0.15, -0.1) is 11.3 Å². The van der Waals surface area contributed by atoms with Crippen molar-refractivity contribution in [2.45, 2.75) is 12.5 Å². The molecule has 1 aliphatic heterocycles. The Bertz CT molecular complexity index is 728. The maximum Gasteiger partial charge on any atom is 0.199 e. The van der Waals surface area contributed by atoms with Gasteiger partial charge in [-0.05, 0) is 36.7 Å². The molecule has 1 atom stereocenters. The lowest BCUT2D eigenvalue weighted by Crippen LogP contribution is -2.39. The number of thiophene rings is 1. The topological polar surface area (TPSA) is 44.9 Å². The number of allylic oxidation sites excluding steroid dienone is 2. The number of pyridine rings is 1. The van der Waals surface area contributed by atoms with E-state index in [4.69, 9.17) is 11.6 Å². The summed E-state index contributed by atoms with van der Waals surface area (Å²) in [5.41, 5.74) is 1.07. The first-order chi connectivity index (χ1) is 8.61. The Morgan fingerprint density at radius 1 is 1.44 bits per heavy atom. The van der Waals surface area contributed by atoms with Gasteiger partial charge < -0.3 is 10.3 Å². The van der Waals surface area contributed by atoms with E-state index in [0.29, 0.717) is 5.03 Å². The molecule has 18 heavy (non-hydrogen) atoms. The Labute approximate surface area is 113 Å². The van der Waals surface area contributed by atoms with Crippen molar-refractivity contribution in [2.24, 2.45) is 0 Å². The average Bonchev–Trinajstić information content (AvgIpc) is 2.82. The predicted octanol–water partition coefficient (Wildman–Crippen LogP) is 3.04. The molecule has 5 heteroatoms. The van der Waals surface area contributed by atoms with E-state index in [-0.39, 0.29) is 5.43 Å². The molecule has 2 aromatic heterocycles. The summed E-state index contributed by atoms with van der Waals surface area (Å²) in [4.78, 5) is 15.3. The normalized spacial score (nSPS) is 22.9. The van der Waals surface area contributed by atoms with Crippen LogP contribution in [0.15, 0.2) is 45.7 Å². The Morgan fingerprint density at radius 2 is 2.28 bits per heavy atom. The van der Waals surface area contributed by atoms with Crippen molar-refractivity contribution in [3.05, 3.63) is 56.8 Å². The summed E-state index contributed by atoms with van der Waals surface area (Å²) < 4.78 is 0.744. The van der Waals surface area contributed by atoms with Crippen LogP contribution in [0.4, 0.5) is 0 Å². The number of nitrogens with one attached hydrogen (secondary N) is 2. The number of fused-ring (bicyclic) bond motifs is 1. The van der Waals surface area contributed by atoms with Crippen molar-refractivity contribution in [2.75, 3.05) is 0 Å². The van der Waals surface area contributed by atoms with Crippen LogP contribution in [0.1, 0.15) is 12.6 Å². The van der Waals surface area contributed by atoms with E-state index in [1.54, 1.807) is 6.07 Å². The second kappa shape index (κ2) is 4.00. The number of hydrogen-bond donors (Lipinski definition) is 2.